The monoisotopic (exact) mass is 505 g/mol. The lowest BCUT2D eigenvalue weighted by atomic mass is 10.2. The van der Waals surface area contributed by atoms with Gasteiger partial charge in [0.25, 0.3) is 0 Å². The van der Waals surface area contributed by atoms with Crippen LogP contribution in [0.3, 0.4) is 0 Å². The molecule has 2 amide bonds. The quantitative estimate of drug-likeness (QED) is 0.211. The summed E-state index contributed by atoms with van der Waals surface area (Å²) < 4.78 is 60.7. The van der Waals surface area contributed by atoms with E-state index in [4.69, 9.17) is 19.4 Å². The molecule has 2 atom stereocenters. The van der Waals surface area contributed by atoms with E-state index in [2.05, 4.69) is 5.32 Å². The Bertz CT molecular complexity index is 945. The van der Waals surface area contributed by atoms with E-state index in [0.29, 0.717) is 17.6 Å². The van der Waals surface area contributed by atoms with E-state index in [1.807, 2.05) is 6.07 Å². The Morgan fingerprint density at radius 1 is 1.26 bits per heavy atom. The molecule has 0 spiro atoms. The molecule has 0 saturated heterocycles. The summed E-state index contributed by atoms with van der Waals surface area (Å²) in [7, 11) is -3.54. The first kappa shape index (κ1) is 29.3. The average Bonchev–Trinajstić information content (AvgIpc) is 2.78. The molecule has 1 aromatic rings. The summed E-state index contributed by atoms with van der Waals surface area (Å²) in [5.41, 5.74) is 1.54. The lowest BCUT2D eigenvalue weighted by molar-refractivity contribution is -0.174. The molecule has 188 valence electrons. The fraction of sp³-hybridized carbons (Fsp3) is 0.476. The molecule has 0 aliphatic heterocycles. The van der Waals surface area contributed by atoms with Gasteiger partial charge < -0.3 is 24.8 Å². The normalized spacial score (nSPS) is 14.6. The highest BCUT2D eigenvalue weighted by molar-refractivity contribution is 7.53. The number of carbonyl (C=O) groups excluding carboxylic acids is 2. The number of allylic oxidation sites excluding steroid dienone is 1. The van der Waals surface area contributed by atoms with Gasteiger partial charge in [0, 0.05) is 5.69 Å². The van der Waals surface area contributed by atoms with Gasteiger partial charge in [-0.1, -0.05) is 23.8 Å². The SMILES string of the molecule is C/C(=C\CCP(=O)(OCCC#N)OCc1ccc(NC(=O)[C@H](C)NC(=O)C(F)(F)F)cc1)CO. The highest BCUT2D eigenvalue weighted by Crippen LogP contribution is 2.49. The van der Waals surface area contributed by atoms with Crippen LogP contribution in [-0.4, -0.2) is 48.5 Å². The highest BCUT2D eigenvalue weighted by Gasteiger charge is 2.40. The molecule has 34 heavy (non-hydrogen) atoms. The third-order valence-corrected chi connectivity index (χ3v) is 6.20. The van der Waals surface area contributed by atoms with Gasteiger partial charge in [0.15, 0.2) is 0 Å². The van der Waals surface area contributed by atoms with Crippen molar-refractivity contribution in [3.05, 3.63) is 41.5 Å². The van der Waals surface area contributed by atoms with Crippen LogP contribution >= 0.6 is 7.60 Å². The predicted molar refractivity (Wildman–Crippen MR) is 118 cm³/mol. The van der Waals surface area contributed by atoms with Crippen LogP contribution in [0.5, 0.6) is 0 Å². The number of aliphatic hydroxyl groups is 1. The summed E-state index contributed by atoms with van der Waals surface area (Å²) in [6.07, 6.45) is -2.97. The van der Waals surface area contributed by atoms with Crippen LogP contribution in [0.2, 0.25) is 0 Å². The first-order valence-electron chi connectivity index (χ1n) is 10.2. The summed E-state index contributed by atoms with van der Waals surface area (Å²) in [6.45, 7) is 2.54. The third kappa shape index (κ3) is 10.9. The number of nitrogens with zero attached hydrogens (tertiary/aromatic N) is 1. The van der Waals surface area contributed by atoms with Crippen molar-refractivity contribution in [3.63, 3.8) is 0 Å². The number of carbonyl (C=O) groups is 2. The van der Waals surface area contributed by atoms with Gasteiger partial charge in [-0.3, -0.25) is 14.2 Å². The Morgan fingerprint density at radius 3 is 2.47 bits per heavy atom. The van der Waals surface area contributed by atoms with Crippen LogP contribution < -0.4 is 10.6 Å². The predicted octanol–water partition coefficient (Wildman–Crippen LogP) is 3.66. The van der Waals surface area contributed by atoms with Gasteiger partial charge in [0.2, 0.25) is 5.91 Å². The Balaban J connectivity index is 2.70. The van der Waals surface area contributed by atoms with E-state index in [9.17, 15) is 27.3 Å². The summed E-state index contributed by atoms with van der Waals surface area (Å²) in [6, 6.07) is 6.48. The number of alkyl halides is 3. The third-order valence-electron chi connectivity index (χ3n) is 4.29. The molecule has 0 aliphatic carbocycles. The summed E-state index contributed by atoms with van der Waals surface area (Å²) in [4.78, 5) is 22.9. The molecule has 0 radical (unpaired) electrons. The molecule has 13 heteroatoms. The van der Waals surface area contributed by atoms with Gasteiger partial charge in [-0.15, -0.1) is 0 Å². The minimum absolute atomic E-state index is 0.0368. The number of nitrogens with one attached hydrogen (secondary N) is 2. The van der Waals surface area contributed by atoms with E-state index in [-0.39, 0.29) is 38.1 Å². The van der Waals surface area contributed by atoms with Gasteiger partial charge in [-0.2, -0.15) is 18.4 Å². The minimum Gasteiger partial charge on any atom is -0.392 e. The summed E-state index contributed by atoms with van der Waals surface area (Å²) in [5.74, 6) is -3.06. The summed E-state index contributed by atoms with van der Waals surface area (Å²) in [5, 5.41) is 21.6. The van der Waals surface area contributed by atoms with Crippen LogP contribution in [-0.2, 0) is 29.8 Å². The maximum absolute atomic E-state index is 13.0. The van der Waals surface area contributed by atoms with Crippen molar-refractivity contribution in [2.24, 2.45) is 0 Å². The van der Waals surface area contributed by atoms with Crippen molar-refractivity contribution in [2.45, 2.75) is 45.5 Å². The van der Waals surface area contributed by atoms with Crippen LogP contribution in [0.4, 0.5) is 18.9 Å². The van der Waals surface area contributed by atoms with Crippen molar-refractivity contribution in [2.75, 3.05) is 24.7 Å². The van der Waals surface area contributed by atoms with Gasteiger partial charge in [-0.05, 0) is 38.0 Å². The molecule has 3 N–H and O–H groups in total. The number of rotatable bonds is 13. The second-order valence-electron chi connectivity index (χ2n) is 7.23. The number of nitriles is 1. The van der Waals surface area contributed by atoms with Gasteiger partial charge in [-0.25, -0.2) is 0 Å². The lowest BCUT2D eigenvalue weighted by Gasteiger charge is -2.18. The largest absolute Gasteiger partial charge is 0.471 e. The second kappa shape index (κ2) is 13.9. The maximum Gasteiger partial charge on any atom is 0.471 e. The molecule has 9 nitrogen and oxygen atoms in total. The second-order valence-corrected chi connectivity index (χ2v) is 9.41. The van der Waals surface area contributed by atoms with E-state index in [0.717, 1.165) is 6.92 Å². The van der Waals surface area contributed by atoms with Crippen LogP contribution in [0.25, 0.3) is 0 Å². The molecule has 0 fully saturated rings. The number of benzene rings is 1. The van der Waals surface area contributed by atoms with Gasteiger partial charge in [0.1, 0.15) is 6.04 Å². The first-order valence-corrected chi connectivity index (χ1v) is 11.9. The molecule has 0 aromatic heterocycles. The molecular formula is C21H27F3N3O6P. The molecular weight excluding hydrogens is 478 g/mol. The Hall–Kier alpha value is -2.71. The lowest BCUT2D eigenvalue weighted by Crippen LogP contribution is -2.47. The van der Waals surface area contributed by atoms with Crippen LogP contribution in [0.1, 0.15) is 32.3 Å². The fourth-order valence-corrected chi connectivity index (χ4v) is 3.88. The van der Waals surface area contributed by atoms with E-state index in [1.54, 1.807) is 30.4 Å². The number of halogens is 3. The van der Waals surface area contributed by atoms with Crippen molar-refractivity contribution in [1.29, 1.82) is 5.26 Å². The topological polar surface area (TPSA) is 138 Å². The molecule has 1 unspecified atom stereocenters. The van der Waals surface area contributed by atoms with Crippen molar-refractivity contribution >= 4 is 25.1 Å². The van der Waals surface area contributed by atoms with E-state index >= 15 is 0 Å². The van der Waals surface area contributed by atoms with Crippen LogP contribution in [0.15, 0.2) is 35.9 Å². The van der Waals surface area contributed by atoms with Crippen molar-refractivity contribution in [1.82, 2.24) is 5.32 Å². The molecule has 0 aliphatic rings. The first-order chi connectivity index (χ1) is 15.9. The smallest absolute Gasteiger partial charge is 0.392 e. The molecule has 1 aromatic carbocycles. The zero-order valence-corrected chi connectivity index (χ0v) is 19.6. The summed E-state index contributed by atoms with van der Waals surface area (Å²) >= 11 is 0. The number of aliphatic hydroxyl groups excluding tert-OH is 1. The van der Waals surface area contributed by atoms with Crippen molar-refractivity contribution in [3.8, 4) is 6.07 Å². The molecule has 0 heterocycles. The fourth-order valence-electron chi connectivity index (χ4n) is 2.38. The van der Waals surface area contributed by atoms with E-state index in [1.165, 1.54) is 12.1 Å². The number of hydrogen-bond donors (Lipinski definition) is 3. The minimum atomic E-state index is -5.10. The Morgan fingerprint density at radius 2 is 1.91 bits per heavy atom. The van der Waals surface area contributed by atoms with E-state index < -0.39 is 31.6 Å². The zero-order chi connectivity index (χ0) is 25.8. The molecule has 0 saturated carbocycles. The average molecular weight is 505 g/mol. The number of hydrogen-bond acceptors (Lipinski definition) is 7. The number of anilines is 1. The maximum atomic E-state index is 13.0. The Kier molecular flexibility index (Phi) is 12.0. The standard InChI is InChI=1S/C21H27F3N3O6P/c1-15(13-28)5-3-12-34(31,32-11-4-10-25)33-14-17-6-8-18(9-7-17)27-19(29)16(2)26-20(30)21(22,23)24/h5-9,16,28H,3-4,11-14H2,1-2H3,(H,26,30)(H,27,29)/b15-5+/t16-,34?/m0/s1. The number of amides is 2. The van der Waals surface area contributed by atoms with Gasteiger partial charge in [0.05, 0.1) is 38.5 Å². The van der Waals surface area contributed by atoms with Gasteiger partial charge >= 0.3 is 19.7 Å². The molecule has 0 bridgehead atoms. The van der Waals surface area contributed by atoms with Crippen LogP contribution in [0, 0.1) is 11.3 Å². The Labute approximate surface area is 195 Å². The zero-order valence-electron chi connectivity index (χ0n) is 18.7. The molecule has 1 rings (SSSR count). The highest BCUT2D eigenvalue weighted by atomic mass is 31.2. The van der Waals surface area contributed by atoms with Crippen molar-refractivity contribution < 1.29 is 41.5 Å².